The number of aromatic nitrogens is 4. The largest absolute Gasteiger partial charge is 0.414 e. The number of hydrogen-bond acceptors (Lipinski definition) is 7. The summed E-state index contributed by atoms with van der Waals surface area (Å²) in [5, 5.41) is 8.10. The number of aromatic amines is 1. The van der Waals surface area contributed by atoms with Crippen molar-refractivity contribution in [2.24, 2.45) is 5.92 Å². The number of carbonyl (C=O) groups excluding carboxylic acids is 1. The lowest BCUT2D eigenvalue weighted by atomic mass is 9.90. The van der Waals surface area contributed by atoms with Crippen LogP contribution in [0.4, 0.5) is 0 Å². The molecule has 0 radical (unpaired) electrons. The molecule has 0 aliphatic carbocycles. The molecule has 2 aromatic heterocycles. The van der Waals surface area contributed by atoms with Gasteiger partial charge in [-0.05, 0) is 30.7 Å². The van der Waals surface area contributed by atoms with Gasteiger partial charge < -0.3 is 9.32 Å². The minimum absolute atomic E-state index is 0.0477. The Morgan fingerprint density at radius 1 is 1.13 bits per heavy atom. The lowest BCUT2D eigenvalue weighted by Gasteiger charge is -2.32. The van der Waals surface area contributed by atoms with Crippen LogP contribution < -0.4 is 11.2 Å². The number of hydrogen-bond donors (Lipinski definition) is 1. The van der Waals surface area contributed by atoms with E-state index in [-0.39, 0.29) is 29.3 Å². The van der Waals surface area contributed by atoms with Crippen molar-refractivity contribution in [3.63, 3.8) is 0 Å². The summed E-state index contributed by atoms with van der Waals surface area (Å²) in [6, 6.07) is 11.7. The maximum Gasteiger partial charge on any atom is 0.328 e. The fourth-order valence-corrected chi connectivity index (χ4v) is 4.31. The molecule has 3 aromatic rings. The van der Waals surface area contributed by atoms with Crippen molar-refractivity contribution in [1.82, 2.24) is 24.6 Å². The number of H-pyrrole nitrogens is 1. The van der Waals surface area contributed by atoms with Crippen LogP contribution >= 0.6 is 11.8 Å². The van der Waals surface area contributed by atoms with Gasteiger partial charge in [0.05, 0.1) is 5.75 Å². The second kappa shape index (κ2) is 9.78. The molecular formula is C21H23N5O4S. The minimum atomic E-state index is -0.550. The van der Waals surface area contributed by atoms with Gasteiger partial charge in [0.25, 0.3) is 10.8 Å². The monoisotopic (exact) mass is 441 g/mol. The van der Waals surface area contributed by atoms with Crippen molar-refractivity contribution < 1.29 is 9.21 Å². The normalized spacial score (nSPS) is 14.6. The zero-order valence-corrected chi connectivity index (χ0v) is 17.7. The van der Waals surface area contributed by atoms with Crippen LogP contribution in [0, 0.1) is 5.92 Å². The molecule has 3 heterocycles. The van der Waals surface area contributed by atoms with Gasteiger partial charge in [0.1, 0.15) is 6.54 Å². The van der Waals surface area contributed by atoms with Gasteiger partial charge in [-0.1, -0.05) is 42.1 Å². The molecule has 0 bridgehead atoms. The molecule has 1 N–H and O–H groups in total. The molecule has 1 aliphatic rings. The highest BCUT2D eigenvalue weighted by atomic mass is 32.2. The number of amides is 1. The summed E-state index contributed by atoms with van der Waals surface area (Å²) >= 11 is 1.19. The van der Waals surface area contributed by atoms with Crippen LogP contribution in [0.3, 0.4) is 0 Å². The van der Waals surface area contributed by atoms with Crippen LogP contribution in [0.1, 0.15) is 24.3 Å². The van der Waals surface area contributed by atoms with E-state index in [9.17, 15) is 14.4 Å². The summed E-state index contributed by atoms with van der Waals surface area (Å²) in [6.45, 7) is 1.58. The molecule has 1 aromatic carbocycles. The van der Waals surface area contributed by atoms with Gasteiger partial charge in [0.15, 0.2) is 0 Å². The van der Waals surface area contributed by atoms with E-state index in [1.165, 1.54) is 34.2 Å². The molecule has 1 aliphatic heterocycles. The summed E-state index contributed by atoms with van der Waals surface area (Å²) in [6.07, 6.45) is 4.43. The molecule has 4 rings (SSSR count). The number of nitrogens with one attached hydrogen (secondary N) is 1. The number of carbonyl (C=O) groups is 1. The Morgan fingerprint density at radius 3 is 2.65 bits per heavy atom. The van der Waals surface area contributed by atoms with Crippen LogP contribution in [-0.2, 0) is 17.8 Å². The lowest BCUT2D eigenvalue weighted by Crippen LogP contribution is -2.39. The molecule has 0 saturated carbocycles. The molecule has 0 atom stereocenters. The topological polar surface area (TPSA) is 114 Å². The average molecular weight is 442 g/mol. The first kappa shape index (κ1) is 21.1. The molecule has 1 amide bonds. The van der Waals surface area contributed by atoms with E-state index in [1.54, 1.807) is 0 Å². The molecule has 31 heavy (non-hydrogen) atoms. The molecular weight excluding hydrogens is 418 g/mol. The number of rotatable bonds is 7. The van der Waals surface area contributed by atoms with Gasteiger partial charge in [0, 0.05) is 25.4 Å². The van der Waals surface area contributed by atoms with Crippen molar-refractivity contribution in [1.29, 1.82) is 0 Å². The zero-order chi connectivity index (χ0) is 21.6. The Hall–Kier alpha value is -3.14. The van der Waals surface area contributed by atoms with E-state index in [1.807, 2.05) is 11.0 Å². The highest BCUT2D eigenvalue weighted by Crippen LogP contribution is 2.23. The SMILES string of the molecule is O=C(CSc1nnc(Cn2ccc(=O)[nH]c2=O)o1)N1CCC(Cc2ccccc2)CC1. The first-order valence-corrected chi connectivity index (χ1v) is 11.1. The molecule has 9 nitrogen and oxygen atoms in total. The van der Waals surface area contributed by atoms with E-state index in [0.717, 1.165) is 32.4 Å². The Morgan fingerprint density at radius 2 is 1.90 bits per heavy atom. The van der Waals surface area contributed by atoms with Crippen LogP contribution in [0.15, 0.2) is 61.8 Å². The fourth-order valence-electron chi connectivity index (χ4n) is 3.62. The van der Waals surface area contributed by atoms with Gasteiger partial charge >= 0.3 is 5.69 Å². The number of piperidine rings is 1. The third-order valence-corrected chi connectivity index (χ3v) is 6.11. The molecule has 1 fully saturated rings. The van der Waals surface area contributed by atoms with Crippen molar-refractivity contribution >= 4 is 17.7 Å². The van der Waals surface area contributed by atoms with Gasteiger partial charge in [-0.3, -0.25) is 19.1 Å². The molecule has 0 spiro atoms. The number of likely N-dealkylation sites (tertiary alicyclic amines) is 1. The zero-order valence-electron chi connectivity index (χ0n) is 16.9. The third-order valence-electron chi connectivity index (χ3n) is 5.30. The Kier molecular flexibility index (Phi) is 6.66. The van der Waals surface area contributed by atoms with Gasteiger partial charge in [-0.2, -0.15) is 0 Å². The average Bonchev–Trinajstić information content (AvgIpc) is 3.23. The first-order valence-electron chi connectivity index (χ1n) is 10.1. The van der Waals surface area contributed by atoms with Gasteiger partial charge in [-0.25, -0.2) is 4.79 Å². The third kappa shape index (κ3) is 5.72. The van der Waals surface area contributed by atoms with Crippen molar-refractivity contribution in [3.8, 4) is 0 Å². The lowest BCUT2D eigenvalue weighted by molar-refractivity contribution is -0.129. The van der Waals surface area contributed by atoms with Crippen LogP contribution in [0.25, 0.3) is 0 Å². The summed E-state index contributed by atoms with van der Waals surface area (Å²) in [7, 11) is 0. The first-order chi connectivity index (χ1) is 15.1. The predicted molar refractivity (Wildman–Crippen MR) is 115 cm³/mol. The fraction of sp³-hybridized carbons (Fsp3) is 0.381. The summed E-state index contributed by atoms with van der Waals surface area (Å²) in [5.74, 6) is 1.11. The predicted octanol–water partition coefficient (Wildman–Crippen LogP) is 1.54. The highest BCUT2D eigenvalue weighted by molar-refractivity contribution is 7.99. The van der Waals surface area contributed by atoms with E-state index >= 15 is 0 Å². The summed E-state index contributed by atoms with van der Waals surface area (Å²) in [4.78, 5) is 39.5. The minimum Gasteiger partial charge on any atom is -0.414 e. The van der Waals surface area contributed by atoms with E-state index < -0.39 is 11.2 Å². The van der Waals surface area contributed by atoms with Crippen molar-refractivity contribution in [2.45, 2.75) is 31.0 Å². The van der Waals surface area contributed by atoms with E-state index in [2.05, 4.69) is 39.4 Å². The molecule has 162 valence electrons. The van der Waals surface area contributed by atoms with Crippen molar-refractivity contribution in [3.05, 3.63) is 74.9 Å². The summed E-state index contributed by atoms with van der Waals surface area (Å²) in [5.41, 5.74) is 0.329. The standard InChI is InChI=1S/C21H23N5O4S/c27-17-8-11-26(20(29)22-17)13-18-23-24-21(30-18)31-14-19(28)25-9-6-16(7-10-25)12-15-4-2-1-3-5-15/h1-5,8,11,16H,6-7,9-10,12-14H2,(H,22,27,29). The van der Waals surface area contributed by atoms with Gasteiger partial charge in [0.2, 0.25) is 11.8 Å². The van der Waals surface area contributed by atoms with E-state index in [0.29, 0.717) is 5.92 Å². The molecule has 1 saturated heterocycles. The Bertz CT molecular complexity index is 1130. The Balaban J connectivity index is 1.23. The summed E-state index contributed by atoms with van der Waals surface area (Å²) < 4.78 is 6.77. The van der Waals surface area contributed by atoms with Gasteiger partial charge in [-0.15, -0.1) is 10.2 Å². The maximum atomic E-state index is 12.5. The quantitative estimate of drug-likeness (QED) is 0.553. The second-order valence-corrected chi connectivity index (χ2v) is 8.43. The van der Waals surface area contributed by atoms with Crippen LogP contribution in [-0.4, -0.2) is 49.4 Å². The molecule has 0 unspecified atom stereocenters. The number of nitrogens with zero attached hydrogens (tertiary/aromatic N) is 4. The number of benzene rings is 1. The maximum absolute atomic E-state index is 12.5. The second-order valence-electron chi connectivity index (χ2n) is 7.50. The van der Waals surface area contributed by atoms with Crippen molar-refractivity contribution in [2.75, 3.05) is 18.8 Å². The van der Waals surface area contributed by atoms with Crippen LogP contribution in [0.2, 0.25) is 0 Å². The number of thioether (sulfide) groups is 1. The van der Waals surface area contributed by atoms with E-state index in [4.69, 9.17) is 4.42 Å². The Labute approximate surface area is 182 Å². The smallest absolute Gasteiger partial charge is 0.328 e. The molecule has 10 heteroatoms. The highest BCUT2D eigenvalue weighted by Gasteiger charge is 2.23. The van der Waals surface area contributed by atoms with Crippen LogP contribution in [0.5, 0.6) is 0 Å².